The topological polar surface area (TPSA) is 114 Å². The van der Waals surface area contributed by atoms with Gasteiger partial charge >= 0.3 is 11.9 Å². The minimum Gasteiger partial charge on any atom is -0.476 e. The van der Waals surface area contributed by atoms with Gasteiger partial charge in [0.2, 0.25) is 0 Å². The summed E-state index contributed by atoms with van der Waals surface area (Å²) in [5, 5.41) is 8.89. The van der Waals surface area contributed by atoms with Crippen LogP contribution in [0.5, 0.6) is 0 Å². The number of aromatic carboxylic acids is 1. The molecule has 4 rings (SSSR count). The molecule has 2 aliphatic rings. The van der Waals surface area contributed by atoms with Crippen molar-refractivity contribution < 1.29 is 29.0 Å². The molecule has 2 heterocycles. The number of nitrogens with zero attached hydrogens (tertiary/aromatic N) is 2. The summed E-state index contributed by atoms with van der Waals surface area (Å²) in [7, 11) is 0. The van der Waals surface area contributed by atoms with Crippen LogP contribution < -0.4 is 4.90 Å². The van der Waals surface area contributed by atoms with E-state index in [0.29, 0.717) is 40.3 Å². The van der Waals surface area contributed by atoms with Gasteiger partial charge in [-0.3, -0.25) is 9.59 Å². The maximum absolute atomic E-state index is 12.7. The number of pyridine rings is 1. The van der Waals surface area contributed by atoms with E-state index in [-0.39, 0.29) is 39.3 Å². The number of hydrogen-bond acceptors (Lipinski definition) is 6. The molecular weight excluding hydrogens is 566 g/mol. The lowest BCUT2D eigenvalue weighted by Crippen LogP contribution is -2.31. The summed E-state index contributed by atoms with van der Waals surface area (Å²) < 4.78 is 4.84. The Morgan fingerprint density at radius 1 is 1.03 bits per heavy atom. The first-order chi connectivity index (χ1) is 17.5. The van der Waals surface area contributed by atoms with E-state index in [4.69, 9.17) is 56.2 Å². The molecule has 1 aromatic carbocycles. The van der Waals surface area contributed by atoms with Gasteiger partial charge in [0.1, 0.15) is 10.2 Å². The van der Waals surface area contributed by atoms with E-state index in [1.807, 2.05) is 0 Å². The highest BCUT2D eigenvalue weighted by molar-refractivity contribution is 6.44. The first-order valence-electron chi connectivity index (χ1n) is 11.0. The predicted octanol–water partition coefficient (Wildman–Crippen LogP) is 6.31. The molecule has 2 amide bonds. The maximum Gasteiger partial charge on any atom is 0.356 e. The third-order valence-corrected chi connectivity index (χ3v) is 6.52. The quantitative estimate of drug-likeness (QED) is 0.189. The van der Waals surface area contributed by atoms with Crippen LogP contribution in [0.4, 0.5) is 5.69 Å². The molecule has 2 aromatic rings. The number of aromatic nitrogens is 1. The number of carboxylic acid groups (broad SMARTS) is 1. The zero-order valence-electron chi connectivity index (χ0n) is 19.4. The van der Waals surface area contributed by atoms with Gasteiger partial charge in [-0.1, -0.05) is 46.4 Å². The van der Waals surface area contributed by atoms with E-state index in [2.05, 4.69) is 4.98 Å². The number of carbonyl (C=O) groups is 4. The van der Waals surface area contributed by atoms with Crippen LogP contribution >= 0.6 is 46.4 Å². The summed E-state index contributed by atoms with van der Waals surface area (Å²) in [4.78, 5) is 52.0. The first-order valence-corrected chi connectivity index (χ1v) is 12.6. The number of carboxylic acids is 1. The second-order valence-corrected chi connectivity index (χ2v) is 9.41. The standard InChI is InChI=1S/C19H17Cl2NO4.C6H3Cl2NO2/c1-2-26-19(25)16(21)10-11-9-12(7-8-15(11)20)22-17(23)13-5-3-4-6-14(13)18(22)24;7-3-1-2-4(8)9-5(3)6(10)11/h7-10H,2-6H2,1H3;1-2H,(H,10,11)/b16-10-;. The molecule has 8 nitrogen and oxygen atoms in total. The monoisotopic (exact) mass is 584 g/mol. The van der Waals surface area contributed by atoms with Crippen LogP contribution in [-0.4, -0.2) is 40.5 Å². The lowest BCUT2D eigenvalue weighted by molar-refractivity contribution is -0.137. The fourth-order valence-electron chi connectivity index (χ4n) is 3.72. The molecule has 0 saturated carbocycles. The van der Waals surface area contributed by atoms with Gasteiger partial charge in [0, 0.05) is 16.2 Å². The fraction of sp³-hybridized carbons (Fsp3) is 0.240. The van der Waals surface area contributed by atoms with Gasteiger partial charge in [0.25, 0.3) is 11.8 Å². The summed E-state index contributed by atoms with van der Waals surface area (Å²) in [6.07, 6.45) is 4.45. The van der Waals surface area contributed by atoms with Gasteiger partial charge in [0.15, 0.2) is 5.69 Å². The van der Waals surface area contributed by atoms with Crippen LogP contribution in [0.15, 0.2) is 46.5 Å². The molecule has 0 atom stereocenters. The first kappa shape index (κ1) is 28.7. The molecule has 1 aromatic heterocycles. The van der Waals surface area contributed by atoms with Crippen molar-refractivity contribution in [1.82, 2.24) is 4.98 Å². The van der Waals surface area contributed by atoms with Crippen LogP contribution in [0.2, 0.25) is 15.2 Å². The van der Waals surface area contributed by atoms with Crippen molar-refractivity contribution in [3.8, 4) is 0 Å². The van der Waals surface area contributed by atoms with Crippen LogP contribution in [0, 0.1) is 0 Å². The molecule has 0 unspecified atom stereocenters. The Bertz CT molecular complexity index is 1310. The number of rotatable bonds is 5. The Kier molecular flexibility index (Phi) is 9.73. The molecule has 0 spiro atoms. The highest BCUT2D eigenvalue weighted by Gasteiger charge is 2.39. The van der Waals surface area contributed by atoms with Gasteiger partial charge in [0.05, 0.1) is 17.3 Å². The van der Waals surface area contributed by atoms with Crippen LogP contribution in [-0.2, 0) is 19.1 Å². The SMILES string of the molecule is CCOC(=O)/C(Cl)=C/c1cc(N2C(=O)C3=C(CCCC3)C2=O)ccc1Cl.O=C(O)c1nc(Cl)ccc1Cl. The number of esters is 1. The highest BCUT2D eigenvalue weighted by atomic mass is 35.5. The predicted molar refractivity (Wildman–Crippen MR) is 141 cm³/mol. The number of anilines is 1. The van der Waals surface area contributed by atoms with Crippen molar-refractivity contribution in [2.24, 2.45) is 0 Å². The molecule has 0 radical (unpaired) electrons. The van der Waals surface area contributed by atoms with E-state index < -0.39 is 11.9 Å². The molecular formula is C25H20Cl4N2O6. The van der Waals surface area contributed by atoms with Crippen LogP contribution in [0.25, 0.3) is 6.08 Å². The molecule has 37 heavy (non-hydrogen) atoms. The Labute approximate surface area is 232 Å². The molecule has 1 aliphatic carbocycles. The van der Waals surface area contributed by atoms with Gasteiger partial charge in [-0.05, 0) is 74.6 Å². The molecule has 1 N–H and O–H groups in total. The zero-order chi connectivity index (χ0) is 27.3. The number of carbonyl (C=O) groups excluding carboxylic acids is 3. The Morgan fingerprint density at radius 2 is 1.62 bits per heavy atom. The van der Waals surface area contributed by atoms with E-state index >= 15 is 0 Å². The zero-order valence-corrected chi connectivity index (χ0v) is 22.4. The number of amides is 2. The molecule has 0 bridgehead atoms. The lowest BCUT2D eigenvalue weighted by atomic mass is 9.93. The van der Waals surface area contributed by atoms with Crippen LogP contribution in [0.1, 0.15) is 48.7 Å². The van der Waals surface area contributed by atoms with Crippen molar-refractivity contribution in [1.29, 1.82) is 0 Å². The van der Waals surface area contributed by atoms with E-state index in [9.17, 15) is 19.2 Å². The summed E-state index contributed by atoms with van der Waals surface area (Å²) in [5.74, 6) is -2.41. The number of benzene rings is 1. The molecule has 194 valence electrons. The number of hydrogen-bond donors (Lipinski definition) is 1. The summed E-state index contributed by atoms with van der Waals surface area (Å²) in [5.41, 5.74) is 1.82. The fourth-order valence-corrected chi connectivity index (χ4v) is 4.40. The van der Waals surface area contributed by atoms with Gasteiger partial charge in [-0.25, -0.2) is 19.5 Å². The van der Waals surface area contributed by atoms with E-state index in [1.54, 1.807) is 25.1 Å². The molecule has 0 saturated heterocycles. The average Bonchev–Trinajstić information content (AvgIpc) is 3.12. The summed E-state index contributed by atoms with van der Waals surface area (Å²) in [6.45, 7) is 1.87. The van der Waals surface area contributed by atoms with E-state index in [0.717, 1.165) is 12.8 Å². The van der Waals surface area contributed by atoms with Crippen molar-refractivity contribution in [2.45, 2.75) is 32.6 Å². The van der Waals surface area contributed by atoms with Crippen molar-refractivity contribution in [3.63, 3.8) is 0 Å². The third-order valence-electron chi connectivity index (χ3n) is 5.40. The second-order valence-electron chi connectivity index (χ2n) is 7.80. The molecule has 0 fully saturated rings. The Balaban J connectivity index is 0.000000289. The highest BCUT2D eigenvalue weighted by Crippen LogP contribution is 2.37. The van der Waals surface area contributed by atoms with Gasteiger partial charge in [-0.2, -0.15) is 0 Å². The van der Waals surface area contributed by atoms with Crippen molar-refractivity contribution >= 4 is 81.9 Å². The second kappa shape index (κ2) is 12.6. The Morgan fingerprint density at radius 3 is 2.16 bits per heavy atom. The Hall–Kier alpha value is -2.91. The van der Waals surface area contributed by atoms with E-state index in [1.165, 1.54) is 23.1 Å². The summed E-state index contributed by atoms with van der Waals surface area (Å²) >= 11 is 23.0. The molecule has 12 heteroatoms. The average molecular weight is 586 g/mol. The number of halogens is 4. The number of imide groups is 1. The van der Waals surface area contributed by atoms with Crippen LogP contribution in [0.3, 0.4) is 0 Å². The minimum atomic E-state index is -1.18. The third kappa shape index (κ3) is 6.70. The smallest absolute Gasteiger partial charge is 0.356 e. The summed E-state index contributed by atoms with van der Waals surface area (Å²) in [6, 6.07) is 7.55. The van der Waals surface area contributed by atoms with Crippen molar-refractivity contribution in [3.05, 3.63) is 73.0 Å². The largest absolute Gasteiger partial charge is 0.476 e. The minimum absolute atomic E-state index is 0.0851. The van der Waals surface area contributed by atoms with Gasteiger partial charge in [-0.15, -0.1) is 0 Å². The number of ether oxygens (including phenoxy) is 1. The maximum atomic E-state index is 12.7. The normalized spacial score (nSPS) is 15.3. The van der Waals surface area contributed by atoms with Gasteiger partial charge < -0.3 is 9.84 Å². The lowest BCUT2D eigenvalue weighted by Gasteiger charge is -2.16. The molecule has 1 aliphatic heterocycles. The van der Waals surface area contributed by atoms with Crippen molar-refractivity contribution in [2.75, 3.05) is 11.5 Å².